The first-order valence-electron chi connectivity index (χ1n) is 16.7. The van der Waals surface area contributed by atoms with E-state index in [1.165, 1.54) is 98.2 Å². The molecule has 8 heteroatoms. The molecule has 0 atom stereocenters. The summed E-state index contributed by atoms with van der Waals surface area (Å²) >= 11 is 3.51. The Hall–Kier alpha value is -1.80. The van der Waals surface area contributed by atoms with Crippen LogP contribution in [-0.2, 0) is 45.0 Å². The highest BCUT2D eigenvalue weighted by Crippen LogP contribution is 2.15. The van der Waals surface area contributed by atoms with Crippen LogP contribution in [0.2, 0.25) is 0 Å². The van der Waals surface area contributed by atoms with E-state index in [-0.39, 0.29) is 11.9 Å². The summed E-state index contributed by atoms with van der Waals surface area (Å²) in [6.07, 6.45) is 19.2. The molecule has 2 rings (SSSR count). The second-order valence-electron chi connectivity index (χ2n) is 11.5. The van der Waals surface area contributed by atoms with E-state index in [2.05, 4.69) is 47.9 Å². The molecule has 2 heterocycles. The van der Waals surface area contributed by atoms with Crippen LogP contribution in [0, 0.1) is 13.8 Å². The fraction of sp³-hybridized carbons (Fsp3) is 0.765. The lowest BCUT2D eigenvalue weighted by Gasteiger charge is -2.05. The van der Waals surface area contributed by atoms with Crippen LogP contribution in [0.3, 0.4) is 0 Å². The van der Waals surface area contributed by atoms with Gasteiger partial charge in [0.15, 0.2) is 11.4 Å². The minimum Gasteiger partial charge on any atom is -0.465 e. The Balaban J connectivity index is 1.50. The highest BCUT2D eigenvalue weighted by atomic mass is 32.1. The average molecular weight is 623 g/mol. The molecule has 0 saturated carbocycles. The van der Waals surface area contributed by atoms with Crippen molar-refractivity contribution in [2.24, 2.45) is 0 Å². The maximum atomic E-state index is 12.2. The Kier molecular flexibility index (Phi) is 19.7. The lowest BCUT2D eigenvalue weighted by Crippen LogP contribution is -2.34. The number of nitrogens with zero attached hydrogens (tertiary/aromatic N) is 2. The Bertz CT molecular complexity index is 937. The number of aryl methyl sites for hydroxylation is 2. The molecule has 42 heavy (non-hydrogen) atoms. The van der Waals surface area contributed by atoms with Gasteiger partial charge in [0.1, 0.15) is 13.1 Å². The van der Waals surface area contributed by atoms with Gasteiger partial charge < -0.3 is 9.47 Å². The van der Waals surface area contributed by atoms with Gasteiger partial charge >= 0.3 is 11.9 Å². The zero-order valence-corrected chi connectivity index (χ0v) is 28.7. The standard InChI is InChI=1S/C34H58N2O4S2/c1-5-7-9-11-13-17-23-35-27-41-31(29(35)3)21-25-39-33(37)19-15-16-20-34(38)40-26-22-32-30(4)36(28-42-32)24-18-14-12-10-8-6-2/h27-28H,5-26H2,1-4H3/q+2. The van der Waals surface area contributed by atoms with E-state index in [1.807, 2.05) is 0 Å². The van der Waals surface area contributed by atoms with Crippen LogP contribution in [0.5, 0.6) is 0 Å². The molecule has 6 nitrogen and oxygen atoms in total. The van der Waals surface area contributed by atoms with Gasteiger partial charge in [0, 0.05) is 52.4 Å². The summed E-state index contributed by atoms with van der Waals surface area (Å²) in [6, 6.07) is 0. The molecule has 0 N–H and O–H groups in total. The molecule has 238 valence electrons. The molecule has 0 radical (unpaired) electrons. The second kappa shape index (κ2) is 22.7. The van der Waals surface area contributed by atoms with Gasteiger partial charge in [-0.1, -0.05) is 87.9 Å². The molecule has 2 aromatic rings. The van der Waals surface area contributed by atoms with Gasteiger partial charge in [0.2, 0.25) is 11.0 Å². The topological polar surface area (TPSA) is 60.4 Å². The molecule has 0 bridgehead atoms. The number of hydrogen-bond acceptors (Lipinski definition) is 6. The summed E-state index contributed by atoms with van der Waals surface area (Å²) in [5, 5.41) is 0. The van der Waals surface area contributed by atoms with Crippen LogP contribution in [-0.4, -0.2) is 25.2 Å². The molecule has 0 unspecified atom stereocenters. The molecule has 0 amide bonds. The van der Waals surface area contributed by atoms with Gasteiger partial charge in [-0.15, -0.1) is 0 Å². The molecular weight excluding hydrogens is 565 g/mol. The molecule has 0 fully saturated rings. The monoisotopic (exact) mass is 622 g/mol. The third kappa shape index (κ3) is 15.1. The first kappa shape index (κ1) is 36.4. The van der Waals surface area contributed by atoms with Crippen LogP contribution in [0.25, 0.3) is 0 Å². The van der Waals surface area contributed by atoms with Gasteiger partial charge in [-0.2, -0.15) is 9.13 Å². The average Bonchev–Trinajstić information content (AvgIpc) is 3.51. The largest absolute Gasteiger partial charge is 0.465 e. The Morgan fingerprint density at radius 2 is 0.976 bits per heavy atom. The van der Waals surface area contributed by atoms with Crippen molar-refractivity contribution in [1.29, 1.82) is 0 Å². The van der Waals surface area contributed by atoms with E-state index in [0.29, 0.717) is 38.9 Å². The number of hydrogen-bond donors (Lipinski definition) is 0. The first-order valence-corrected chi connectivity index (χ1v) is 18.5. The number of ether oxygens (including phenoxy) is 2. The molecule has 0 aliphatic carbocycles. The minimum absolute atomic E-state index is 0.181. The SMILES string of the molecule is CCCCCCCC[n+]1csc(CCOC(=O)CCCCC(=O)OCCc2sc[n+](CCCCCCCC)c2C)c1C. The predicted molar refractivity (Wildman–Crippen MR) is 173 cm³/mol. The lowest BCUT2D eigenvalue weighted by atomic mass is 10.1. The maximum Gasteiger partial charge on any atom is 0.305 e. The molecule has 0 saturated heterocycles. The molecule has 0 aliphatic heterocycles. The normalized spacial score (nSPS) is 11.2. The summed E-state index contributed by atoms with van der Waals surface area (Å²) in [4.78, 5) is 26.9. The predicted octanol–water partition coefficient (Wildman–Crippen LogP) is 8.15. The van der Waals surface area contributed by atoms with Crippen molar-refractivity contribution in [3.63, 3.8) is 0 Å². The van der Waals surface area contributed by atoms with Crippen LogP contribution < -0.4 is 9.13 Å². The van der Waals surface area contributed by atoms with E-state index in [1.54, 1.807) is 22.7 Å². The van der Waals surface area contributed by atoms with Crippen LogP contribution in [0.15, 0.2) is 11.0 Å². The molecular formula is C34H58N2O4S2+2. The smallest absolute Gasteiger partial charge is 0.305 e. The maximum absolute atomic E-state index is 12.2. The van der Waals surface area contributed by atoms with E-state index < -0.39 is 0 Å². The van der Waals surface area contributed by atoms with E-state index in [4.69, 9.17) is 9.47 Å². The van der Waals surface area contributed by atoms with Gasteiger partial charge in [-0.25, -0.2) is 0 Å². The van der Waals surface area contributed by atoms with Gasteiger partial charge in [-0.3, -0.25) is 9.59 Å². The van der Waals surface area contributed by atoms with Crippen molar-refractivity contribution in [3.8, 4) is 0 Å². The molecule has 2 aromatic heterocycles. The summed E-state index contributed by atoms with van der Waals surface area (Å²) < 4.78 is 15.6. The van der Waals surface area contributed by atoms with E-state index in [9.17, 15) is 9.59 Å². The highest BCUT2D eigenvalue weighted by molar-refractivity contribution is 7.09. The summed E-state index contributed by atoms with van der Waals surface area (Å²) in [7, 11) is 0. The van der Waals surface area contributed by atoms with Crippen molar-refractivity contribution in [2.75, 3.05) is 13.2 Å². The summed E-state index contributed by atoms with van der Waals surface area (Å²) in [6.45, 7) is 11.8. The number of unbranched alkanes of at least 4 members (excludes halogenated alkanes) is 11. The van der Waals surface area contributed by atoms with Crippen LogP contribution in [0.4, 0.5) is 0 Å². The fourth-order valence-corrected chi connectivity index (χ4v) is 7.16. The third-order valence-corrected chi connectivity index (χ3v) is 10.3. The van der Waals surface area contributed by atoms with Gasteiger partial charge in [0.05, 0.1) is 23.0 Å². The highest BCUT2D eigenvalue weighted by Gasteiger charge is 2.17. The van der Waals surface area contributed by atoms with Gasteiger partial charge in [0.25, 0.3) is 0 Å². The van der Waals surface area contributed by atoms with E-state index in [0.717, 1.165) is 25.9 Å². The van der Waals surface area contributed by atoms with Crippen LogP contribution in [0.1, 0.15) is 138 Å². The van der Waals surface area contributed by atoms with E-state index >= 15 is 0 Å². The van der Waals surface area contributed by atoms with Gasteiger partial charge in [-0.05, 0) is 25.7 Å². The molecule has 0 aliphatic rings. The number of esters is 2. The number of carbonyl (C=O) groups is 2. The van der Waals surface area contributed by atoms with Crippen molar-refractivity contribution < 1.29 is 28.2 Å². The van der Waals surface area contributed by atoms with Crippen molar-refractivity contribution in [3.05, 3.63) is 32.2 Å². The number of rotatable bonds is 25. The Morgan fingerprint density at radius 1 is 0.595 bits per heavy atom. The third-order valence-electron chi connectivity index (χ3n) is 8.01. The molecule has 0 spiro atoms. The Labute approximate surface area is 263 Å². The fourth-order valence-electron chi connectivity index (χ4n) is 5.15. The van der Waals surface area contributed by atoms with Crippen molar-refractivity contribution >= 4 is 34.6 Å². The van der Waals surface area contributed by atoms with Crippen LogP contribution >= 0.6 is 22.7 Å². The molecule has 0 aromatic carbocycles. The summed E-state index contributed by atoms with van der Waals surface area (Å²) in [5.74, 6) is -0.361. The minimum atomic E-state index is -0.181. The number of carbonyl (C=O) groups excluding carboxylic acids is 2. The Morgan fingerprint density at radius 3 is 1.38 bits per heavy atom. The summed E-state index contributed by atoms with van der Waals surface area (Å²) in [5.41, 5.74) is 6.99. The number of aromatic nitrogens is 2. The second-order valence-corrected chi connectivity index (χ2v) is 13.4. The zero-order chi connectivity index (χ0) is 30.4. The first-order chi connectivity index (χ1) is 20.5. The van der Waals surface area contributed by atoms with Crippen molar-refractivity contribution in [1.82, 2.24) is 0 Å². The quantitative estimate of drug-likeness (QED) is 0.0637. The number of thiazole rings is 2. The lowest BCUT2D eigenvalue weighted by molar-refractivity contribution is -0.698. The zero-order valence-electron chi connectivity index (χ0n) is 27.1. The van der Waals surface area contributed by atoms with Crippen molar-refractivity contribution in [2.45, 2.75) is 156 Å².